The highest BCUT2D eigenvalue weighted by Gasteiger charge is 2.23. The molecule has 2 aromatic rings. The molecule has 100 valence electrons. The van der Waals surface area contributed by atoms with Gasteiger partial charge in [0.05, 0.1) is 10.8 Å². The van der Waals surface area contributed by atoms with Gasteiger partial charge in [0.1, 0.15) is 0 Å². The lowest BCUT2D eigenvalue weighted by atomic mass is 10.0. The number of amides is 1. The van der Waals surface area contributed by atoms with Gasteiger partial charge in [-0.25, -0.2) is 0 Å². The molecule has 0 bridgehead atoms. The fourth-order valence-electron chi connectivity index (χ4n) is 2.95. The maximum absolute atomic E-state index is 11.3. The molecule has 1 unspecified atom stereocenters. The number of halogens is 1. The number of carbonyl (C=O) groups excluding carboxylic acids is 1. The van der Waals surface area contributed by atoms with Crippen LogP contribution in [0.25, 0.3) is 10.9 Å². The molecule has 0 aliphatic heterocycles. The lowest BCUT2D eigenvalue weighted by molar-refractivity contribution is -0.118. The van der Waals surface area contributed by atoms with Gasteiger partial charge in [-0.3, -0.25) is 4.79 Å². The lowest BCUT2D eigenvalue weighted by Gasteiger charge is -2.06. The number of para-hydroxylation sites is 1. The van der Waals surface area contributed by atoms with Gasteiger partial charge >= 0.3 is 0 Å². The molecule has 2 N–H and O–H groups in total. The number of fused-ring (bicyclic) bond motifs is 3. The van der Waals surface area contributed by atoms with E-state index in [9.17, 15) is 4.79 Å². The van der Waals surface area contributed by atoms with E-state index >= 15 is 0 Å². The molecule has 1 atom stereocenters. The van der Waals surface area contributed by atoms with Gasteiger partial charge in [0.25, 0.3) is 0 Å². The van der Waals surface area contributed by atoms with E-state index in [4.69, 9.17) is 0 Å². The van der Waals surface area contributed by atoms with Crippen molar-refractivity contribution in [2.75, 3.05) is 5.33 Å². The first-order valence-corrected chi connectivity index (χ1v) is 7.75. The first-order chi connectivity index (χ1) is 9.19. The SMILES string of the molecule is CC1Cc2[nH]c3c(CNC(=O)CBr)cccc3c2C1. The van der Waals surface area contributed by atoms with Gasteiger partial charge in [-0.1, -0.05) is 41.1 Å². The molecular formula is C15H17BrN2O. The van der Waals surface area contributed by atoms with Crippen molar-refractivity contribution in [3.63, 3.8) is 0 Å². The molecule has 0 fully saturated rings. The van der Waals surface area contributed by atoms with Crippen molar-refractivity contribution >= 4 is 32.7 Å². The molecule has 3 nitrogen and oxygen atoms in total. The third kappa shape index (κ3) is 2.29. The van der Waals surface area contributed by atoms with Gasteiger partial charge in [-0.2, -0.15) is 0 Å². The zero-order valence-corrected chi connectivity index (χ0v) is 12.5. The summed E-state index contributed by atoms with van der Waals surface area (Å²) in [6, 6.07) is 6.33. The molecule has 0 spiro atoms. The molecule has 1 aliphatic rings. The molecule has 1 aromatic heterocycles. The number of H-pyrrole nitrogens is 1. The molecule has 0 saturated heterocycles. The highest BCUT2D eigenvalue weighted by Crippen LogP contribution is 2.33. The maximum atomic E-state index is 11.3. The van der Waals surface area contributed by atoms with E-state index in [-0.39, 0.29) is 5.91 Å². The molecule has 1 amide bonds. The first kappa shape index (κ1) is 12.7. The zero-order valence-electron chi connectivity index (χ0n) is 10.9. The minimum atomic E-state index is 0.0183. The van der Waals surface area contributed by atoms with Crippen molar-refractivity contribution < 1.29 is 4.79 Å². The number of hydrogen-bond donors (Lipinski definition) is 2. The van der Waals surface area contributed by atoms with Crippen LogP contribution in [0.15, 0.2) is 18.2 Å². The van der Waals surface area contributed by atoms with Gasteiger partial charge in [-0.05, 0) is 29.9 Å². The van der Waals surface area contributed by atoms with Crippen LogP contribution in [-0.2, 0) is 24.2 Å². The summed E-state index contributed by atoms with van der Waals surface area (Å²) in [6.07, 6.45) is 2.30. The number of alkyl halides is 1. The number of rotatable bonds is 3. The Hall–Kier alpha value is -1.29. The zero-order chi connectivity index (χ0) is 13.4. The van der Waals surface area contributed by atoms with Crippen molar-refractivity contribution in [2.24, 2.45) is 5.92 Å². The average Bonchev–Trinajstić information content (AvgIpc) is 2.92. The summed E-state index contributed by atoms with van der Waals surface area (Å²) in [5, 5.41) is 4.58. The Morgan fingerprint density at radius 1 is 1.47 bits per heavy atom. The number of hydrogen-bond acceptors (Lipinski definition) is 1. The summed E-state index contributed by atoms with van der Waals surface area (Å²) in [4.78, 5) is 14.9. The Balaban J connectivity index is 1.94. The summed E-state index contributed by atoms with van der Waals surface area (Å²) < 4.78 is 0. The van der Waals surface area contributed by atoms with Crippen molar-refractivity contribution in [2.45, 2.75) is 26.3 Å². The second kappa shape index (κ2) is 5.00. The Morgan fingerprint density at radius 3 is 3.11 bits per heavy atom. The van der Waals surface area contributed by atoms with E-state index in [1.807, 2.05) is 0 Å². The highest BCUT2D eigenvalue weighted by molar-refractivity contribution is 9.09. The Labute approximate surface area is 120 Å². The van der Waals surface area contributed by atoms with E-state index in [0.717, 1.165) is 24.3 Å². The van der Waals surface area contributed by atoms with Gasteiger partial charge in [0.2, 0.25) is 5.91 Å². The molecular weight excluding hydrogens is 304 g/mol. The molecule has 1 heterocycles. The number of nitrogens with one attached hydrogen (secondary N) is 2. The molecule has 1 aliphatic carbocycles. The van der Waals surface area contributed by atoms with Crippen LogP contribution in [0.5, 0.6) is 0 Å². The maximum Gasteiger partial charge on any atom is 0.230 e. The van der Waals surface area contributed by atoms with Crippen molar-refractivity contribution in [3.05, 3.63) is 35.0 Å². The number of benzene rings is 1. The third-order valence-corrected chi connectivity index (χ3v) is 4.33. The van der Waals surface area contributed by atoms with Crippen LogP contribution >= 0.6 is 15.9 Å². The smallest absolute Gasteiger partial charge is 0.230 e. The predicted molar refractivity (Wildman–Crippen MR) is 80.5 cm³/mol. The Bertz CT molecular complexity index is 632. The van der Waals surface area contributed by atoms with E-state index < -0.39 is 0 Å². The standard InChI is InChI=1S/C15H17BrN2O/c1-9-5-12-11-4-2-3-10(8-17-14(19)7-16)15(11)18-13(12)6-9/h2-4,9,18H,5-8H2,1H3,(H,17,19). The fourth-order valence-corrected chi connectivity index (χ4v) is 3.15. The van der Waals surface area contributed by atoms with Crippen LogP contribution in [0.1, 0.15) is 23.7 Å². The average molecular weight is 321 g/mol. The summed E-state index contributed by atoms with van der Waals surface area (Å²) in [6.45, 7) is 2.87. The molecule has 19 heavy (non-hydrogen) atoms. The van der Waals surface area contributed by atoms with E-state index in [2.05, 4.69) is 51.4 Å². The quantitative estimate of drug-likeness (QED) is 0.839. The number of aromatic amines is 1. The Kier molecular flexibility index (Phi) is 3.35. The van der Waals surface area contributed by atoms with Crippen molar-refractivity contribution in [1.29, 1.82) is 0 Å². The van der Waals surface area contributed by atoms with Crippen molar-refractivity contribution in [3.8, 4) is 0 Å². The number of aromatic nitrogens is 1. The predicted octanol–water partition coefficient (Wildman–Crippen LogP) is 2.91. The van der Waals surface area contributed by atoms with Gasteiger partial charge in [-0.15, -0.1) is 0 Å². The van der Waals surface area contributed by atoms with Crippen LogP contribution in [0.3, 0.4) is 0 Å². The molecule has 0 radical (unpaired) electrons. The molecule has 4 heteroatoms. The lowest BCUT2D eigenvalue weighted by Crippen LogP contribution is -2.23. The largest absolute Gasteiger partial charge is 0.358 e. The molecule has 1 aromatic carbocycles. The summed E-state index contributed by atoms with van der Waals surface area (Å²) in [5.74, 6) is 0.757. The highest BCUT2D eigenvalue weighted by atomic mass is 79.9. The van der Waals surface area contributed by atoms with Crippen LogP contribution in [-0.4, -0.2) is 16.2 Å². The van der Waals surface area contributed by atoms with Crippen LogP contribution in [0.2, 0.25) is 0 Å². The molecule has 0 saturated carbocycles. The third-order valence-electron chi connectivity index (χ3n) is 3.82. The summed E-state index contributed by atoms with van der Waals surface area (Å²) in [7, 11) is 0. The normalized spacial score (nSPS) is 17.7. The van der Waals surface area contributed by atoms with Gasteiger partial charge in [0.15, 0.2) is 0 Å². The summed E-state index contributed by atoms with van der Waals surface area (Å²) in [5.41, 5.74) is 5.20. The monoisotopic (exact) mass is 320 g/mol. The van der Waals surface area contributed by atoms with Gasteiger partial charge in [0, 0.05) is 17.6 Å². The second-order valence-corrected chi connectivity index (χ2v) is 5.91. The van der Waals surface area contributed by atoms with E-state index in [1.165, 1.54) is 22.2 Å². The van der Waals surface area contributed by atoms with E-state index in [0.29, 0.717) is 11.9 Å². The fraction of sp³-hybridized carbons (Fsp3) is 0.400. The first-order valence-electron chi connectivity index (χ1n) is 6.63. The Morgan fingerprint density at radius 2 is 2.32 bits per heavy atom. The van der Waals surface area contributed by atoms with Crippen LogP contribution < -0.4 is 5.32 Å². The number of carbonyl (C=O) groups is 1. The minimum absolute atomic E-state index is 0.0183. The van der Waals surface area contributed by atoms with Gasteiger partial charge < -0.3 is 10.3 Å². The second-order valence-electron chi connectivity index (χ2n) is 5.35. The van der Waals surface area contributed by atoms with E-state index in [1.54, 1.807) is 0 Å². The topological polar surface area (TPSA) is 44.9 Å². The van der Waals surface area contributed by atoms with Crippen LogP contribution in [0.4, 0.5) is 0 Å². The van der Waals surface area contributed by atoms with Crippen molar-refractivity contribution in [1.82, 2.24) is 10.3 Å². The summed E-state index contributed by atoms with van der Waals surface area (Å²) >= 11 is 3.16. The molecule has 3 rings (SSSR count). The minimum Gasteiger partial charge on any atom is -0.358 e. The van der Waals surface area contributed by atoms with Crippen LogP contribution in [0, 0.1) is 5.92 Å².